The molecule has 0 N–H and O–H groups in total. The van der Waals surface area contributed by atoms with E-state index in [1.165, 1.54) is 12.8 Å². The zero-order valence-corrected chi connectivity index (χ0v) is 11.7. The van der Waals surface area contributed by atoms with E-state index in [4.69, 9.17) is 0 Å². The number of rotatable bonds is 4. The summed E-state index contributed by atoms with van der Waals surface area (Å²) in [6.07, 6.45) is 8.02. The van der Waals surface area contributed by atoms with Crippen LogP contribution in [0.2, 0.25) is 0 Å². The number of carbonyl (C=O) groups is 1. The molecule has 1 fully saturated rings. The van der Waals surface area contributed by atoms with Crippen LogP contribution in [-0.4, -0.2) is 33.4 Å². The van der Waals surface area contributed by atoms with Crippen molar-refractivity contribution in [2.75, 3.05) is 6.54 Å². The standard InChI is InChI=1S/C15H21N3O/c1-4-9-18(13-7-5-6-8-13)15(19)14-10-16-12(3)17-11(14)2/h4,10,13H,1,5-9H2,2-3H3. The molecule has 4 nitrogen and oxygen atoms in total. The van der Waals surface area contributed by atoms with Gasteiger partial charge in [0.25, 0.3) is 5.91 Å². The first-order chi connectivity index (χ1) is 9.13. The van der Waals surface area contributed by atoms with Crippen LogP contribution >= 0.6 is 0 Å². The Labute approximate surface area is 114 Å². The minimum absolute atomic E-state index is 0.0318. The van der Waals surface area contributed by atoms with Crippen LogP contribution in [0.1, 0.15) is 47.6 Å². The molecule has 19 heavy (non-hydrogen) atoms. The quantitative estimate of drug-likeness (QED) is 0.781. The Balaban J connectivity index is 2.25. The highest BCUT2D eigenvalue weighted by Gasteiger charge is 2.27. The Kier molecular flexibility index (Phi) is 4.30. The van der Waals surface area contributed by atoms with Gasteiger partial charge >= 0.3 is 0 Å². The molecule has 1 aromatic rings. The lowest BCUT2D eigenvalue weighted by Gasteiger charge is -2.28. The Hall–Kier alpha value is -1.71. The van der Waals surface area contributed by atoms with Gasteiger partial charge in [0.15, 0.2) is 0 Å². The average molecular weight is 259 g/mol. The van der Waals surface area contributed by atoms with Crippen LogP contribution in [0.5, 0.6) is 0 Å². The van der Waals surface area contributed by atoms with Gasteiger partial charge in [-0.05, 0) is 26.7 Å². The normalized spacial score (nSPS) is 15.5. The van der Waals surface area contributed by atoms with E-state index in [2.05, 4.69) is 16.5 Å². The van der Waals surface area contributed by atoms with Gasteiger partial charge in [-0.3, -0.25) is 4.79 Å². The zero-order valence-electron chi connectivity index (χ0n) is 11.7. The number of amides is 1. The summed E-state index contributed by atoms with van der Waals surface area (Å²) in [5, 5.41) is 0. The molecule has 1 aromatic heterocycles. The van der Waals surface area contributed by atoms with Crippen LogP contribution in [0.4, 0.5) is 0 Å². The molecular weight excluding hydrogens is 238 g/mol. The van der Waals surface area contributed by atoms with Gasteiger partial charge in [0.05, 0.1) is 11.3 Å². The number of nitrogens with zero attached hydrogens (tertiary/aromatic N) is 3. The van der Waals surface area contributed by atoms with Crippen LogP contribution < -0.4 is 0 Å². The van der Waals surface area contributed by atoms with Crippen molar-refractivity contribution in [2.45, 2.75) is 45.6 Å². The van der Waals surface area contributed by atoms with Crippen molar-refractivity contribution in [2.24, 2.45) is 0 Å². The van der Waals surface area contributed by atoms with Crippen molar-refractivity contribution >= 4 is 5.91 Å². The second kappa shape index (κ2) is 5.95. The first-order valence-corrected chi connectivity index (χ1v) is 6.85. The van der Waals surface area contributed by atoms with E-state index in [0.29, 0.717) is 24.0 Å². The highest BCUT2D eigenvalue weighted by Crippen LogP contribution is 2.25. The van der Waals surface area contributed by atoms with Gasteiger partial charge in [-0.15, -0.1) is 6.58 Å². The first kappa shape index (κ1) is 13.7. The summed E-state index contributed by atoms with van der Waals surface area (Å²) in [6, 6.07) is 0.339. The monoisotopic (exact) mass is 259 g/mol. The maximum atomic E-state index is 12.7. The molecule has 0 radical (unpaired) electrons. The predicted molar refractivity (Wildman–Crippen MR) is 75.0 cm³/mol. The van der Waals surface area contributed by atoms with Gasteiger partial charge in [0.2, 0.25) is 0 Å². The number of aryl methyl sites for hydroxylation is 2. The van der Waals surface area contributed by atoms with Crippen molar-refractivity contribution in [3.05, 3.63) is 35.9 Å². The molecule has 1 amide bonds. The van der Waals surface area contributed by atoms with E-state index < -0.39 is 0 Å². The van der Waals surface area contributed by atoms with Crippen molar-refractivity contribution in [3.8, 4) is 0 Å². The third-order valence-corrected chi connectivity index (χ3v) is 3.68. The van der Waals surface area contributed by atoms with E-state index in [-0.39, 0.29) is 5.91 Å². The molecule has 102 valence electrons. The van der Waals surface area contributed by atoms with Gasteiger partial charge < -0.3 is 4.90 Å². The molecule has 1 aliphatic carbocycles. The Morgan fingerprint density at radius 2 is 2.16 bits per heavy atom. The number of hydrogen-bond acceptors (Lipinski definition) is 3. The molecule has 0 unspecified atom stereocenters. The van der Waals surface area contributed by atoms with Crippen LogP contribution in [0.25, 0.3) is 0 Å². The second-order valence-electron chi connectivity index (χ2n) is 5.10. The van der Waals surface area contributed by atoms with Crippen molar-refractivity contribution in [1.82, 2.24) is 14.9 Å². The molecule has 0 saturated heterocycles. The molecular formula is C15H21N3O. The smallest absolute Gasteiger partial charge is 0.257 e. The zero-order chi connectivity index (χ0) is 13.8. The largest absolute Gasteiger partial charge is 0.332 e. The molecule has 0 atom stereocenters. The van der Waals surface area contributed by atoms with Crippen LogP contribution in [0.15, 0.2) is 18.9 Å². The van der Waals surface area contributed by atoms with Crippen molar-refractivity contribution < 1.29 is 4.79 Å². The fourth-order valence-corrected chi connectivity index (χ4v) is 2.70. The molecule has 0 aromatic carbocycles. The summed E-state index contributed by atoms with van der Waals surface area (Å²) < 4.78 is 0. The number of carbonyl (C=O) groups excluding carboxylic acids is 1. The van der Waals surface area contributed by atoms with E-state index in [9.17, 15) is 4.79 Å². The molecule has 0 bridgehead atoms. The summed E-state index contributed by atoms with van der Waals surface area (Å²) in [5.41, 5.74) is 1.36. The van der Waals surface area contributed by atoms with Gasteiger partial charge in [0.1, 0.15) is 5.82 Å². The van der Waals surface area contributed by atoms with E-state index in [0.717, 1.165) is 18.5 Å². The fourth-order valence-electron chi connectivity index (χ4n) is 2.70. The Morgan fingerprint density at radius 1 is 1.47 bits per heavy atom. The van der Waals surface area contributed by atoms with Crippen LogP contribution in [-0.2, 0) is 0 Å². The van der Waals surface area contributed by atoms with E-state index in [1.54, 1.807) is 12.3 Å². The molecule has 1 aliphatic rings. The highest BCUT2D eigenvalue weighted by atomic mass is 16.2. The van der Waals surface area contributed by atoms with Gasteiger partial charge in [-0.25, -0.2) is 9.97 Å². The molecule has 0 spiro atoms. The fraction of sp³-hybridized carbons (Fsp3) is 0.533. The summed E-state index contributed by atoms with van der Waals surface area (Å²) in [4.78, 5) is 23.0. The third-order valence-electron chi connectivity index (χ3n) is 3.68. The Morgan fingerprint density at radius 3 is 2.74 bits per heavy atom. The van der Waals surface area contributed by atoms with Crippen LogP contribution in [0, 0.1) is 13.8 Å². The summed E-state index contributed by atoms with van der Waals surface area (Å²) in [5.74, 6) is 0.731. The lowest BCUT2D eigenvalue weighted by molar-refractivity contribution is 0.0704. The van der Waals surface area contributed by atoms with E-state index >= 15 is 0 Å². The maximum Gasteiger partial charge on any atom is 0.257 e. The van der Waals surface area contributed by atoms with Gasteiger partial charge in [0, 0.05) is 18.8 Å². The topological polar surface area (TPSA) is 46.1 Å². The number of aromatic nitrogens is 2. The highest BCUT2D eigenvalue weighted by molar-refractivity contribution is 5.95. The molecule has 1 heterocycles. The lowest BCUT2D eigenvalue weighted by Crippen LogP contribution is -2.39. The summed E-state index contributed by atoms with van der Waals surface area (Å²) in [7, 11) is 0. The molecule has 4 heteroatoms. The van der Waals surface area contributed by atoms with Gasteiger partial charge in [-0.2, -0.15) is 0 Å². The third kappa shape index (κ3) is 3.00. The molecule has 1 saturated carbocycles. The second-order valence-corrected chi connectivity index (χ2v) is 5.10. The van der Waals surface area contributed by atoms with Crippen molar-refractivity contribution in [1.29, 1.82) is 0 Å². The Bertz CT molecular complexity index is 478. The maximum absolute atomic E-state index is 12.7. The summed E-state index contributed by atoms with van der Waals surface area (Å²) >= 11 is 0. The lowest BCUT2D eigenvalue weighted by atomic mass is 10.1. The minimum Gasteiger partial charge on any atom is -0.332 e. The first-order valence-electron chi connectivity index (χ1n) is 6.85. The molecule has 0 aliphatic heterocycles. The summed E-state index contributed by atoms with van der Waals surface area (Å²) in [6.45, 7) is 8.05. The average Bonchev–Trinajstić information content (AvgIpc) is 2.89. The van der Waals surface area contributed by atoms with E-state index in [1.807, 2.05) is 18.7 Å². The van der Waals surface area contributed by atoms with Crippen LogP contribution in [0.3, 0.4) is 0 Å². The predicted octanol–water partition coefficient (Wildman–Crippen LogP) is 2.66. The minimum atomic E-state index is 0.0318. The van der Waals surface area contributed by atoms with Crippen molar-refractivity contribution in [3.63, 3.8) is 0 Å². The number of hydrogen-bond donors (Lipinski definition) is 0. The van der Waals surface area contributed by atoms with Gasteiger partial charge in [-0.1, -0.05) is 18.9 Å². The SMILES string of the molecule is C=CCN(C(=O)c1cnc(C)nc1C)C1CCCC1. The molecule has 2 rings (SSSR count).